The topological polar surface area (TPSA) is 73.8 Å². The highest BCUT2D eigenvalue weighted by molar-refractivity contribution is 7.99. The Hall–Kier alpha value is -2.52. The van der Waals surface area contributed by atoms with Gasteiger partial charge in [0, 0.05) is 24.4 Å². The molecule has 0 aliphatic rings. The Morgan fingerprint density at radius 1 is 1.28 bits per heavy atom. The van der Waals surface area contributed by atoms with E-state index in [0.717, 1.165) is 24.0 Å². The first-order valence-corrected chi connectivity index (χ1v) is 11.0. The van der Waals surface area contributed by atoms with Gasteiger partial charge in [-0.05, 0) is 31.0 Å². The molecule has 150 valence electrons. The molecule has 0 N–H and O–H groups in total. The molecule has 1 atom stereocenters. The second-order valence-corrected chi connectivity index (χ2v) is 8.82. The number of halogens is 1. The van der Waals surface area contributed by atoms with Crippen LogP contribution in [-0.2, 0) is 13.5 Å². The first-order chi connectivity index (χ1) is 14.0. The monoisotopic (exact) mass is 430 g/mol. The van der Waals surface area contributed by atoms with Crippen molar-refractivity contribution in [2.75, 3.05) is 0 Å². The van der Waals surface area contributed by atoms with Crippen LogP contribution >= 0.6 is 23.1 Å². The van der Waals surface area contributed by atoms with E-state index in [1.165, 1.54) is 39.8 Å². The summed E-state index contributed by atoms with van der Waals surface area (Å²) in [6, 6.07) is 6.12. The summed E-state index contributed by atoms with van der Waals surface area (Å²) in [5, 5.41) is 6.86. The highest BCUT2D eigenvalue weighted by Gasteiger charge is 2.21. The maximum Gasteiger partial charge on any atom is 0.263 e. The number of rotatable bonds is 6. The zero-order valence-corrected chi connectivity index (χ0v) is 17.8. The summed E-state index contributed by atoms with van der Waals surface area (Å²) in [5.41, 5.74) is 1.42. The molecule has 4 aromatic rings. The number of thiophene rings is 1. The third kappa shape index (κ3) is 3.84. The largest absolute Gasteiger partial charge is 0.338 e. The van der Waals surface area contributed by atoms with Crippen molar-refractivity contribution in [2.45, 2.75) is 37.1 Å². The van der Waals surface area contributed by atoms with E-state index in [9.17, 15) is 9.18 Å². The zero-order chi connectivity index (χ0) is 20.5. The minimum atomic E-state index is -0.310. The second kappa shape index (κ2) is 8.08. The lowest BCUT2D eigenvalue weighted by atomic mass is 10.1. The lowest BCUT2D eigenvalue weighted by molar-refractivity contribution is 0.374. The molecule has 3 aromatic heterocycles. The van der Waals surface area contributed by atoms with Crippen LogP contribution in [-0.4, -0.2) is 19.7 Å². The van der Waals surface area contributed by atoms with E-state index in [4.69, 9.17) is 4.52 Å². The first kappa shape index (κ1) is 19.8. The predicted molar refractivity (Wildman–Crippen MR) is 113 cm³/mol. The van der Waals surface area contributed by atoms with Gasteiger partial charge in [0.05, 0.1) is 10.6 Å². The van der Waals surface area contributed by atoms with E-state index in [1.54, 1.807) is 19.2 Å². The van der Waals surface area contributed by atoms with Crippen LogP contribution in [0.2, 0.25) is 0 Å². The smallest absolute Gasteiger partial charge is 0.263 e. The third-order valence-corrected chi connectivity index (χ3v) is 6.52. The second-order valence-electron chi connectivity index (χ2n) is 6.65. The molecule has 1 aromatic carbocycles. The molecule has 0 unspecified atom stereocenters. The first-order valence-electron chi connectivity index (χ1n) is 9.21. The van der Waals surface area contributed by atoms with Crippen molar-refractivity contribution < 1.29 is 8.91 Å². The summed E-state index contributed by atoms with van der Waals surface area (Å²) >= 11 is 2.80. The van der Waals surface area contributed by atoms with Gasteiger partial charge in [-0.25, -0.2) is 9.37 Å². The van der Waals surface area contributed by atoms with Gasteiger partial charge in [-0.3, -0.25) is 9.36 Å². The molecule has 0 bridgehead atoms. The molecule has 0 aliphatic carbocycles. The zero-order valence-electron chi connectivity index (χ0n) is 16.2. The molecule has 0 saturated heterocycles. The van der Waals surface area contributed by atoms with Gasteiger partial charge in [-0.1, -0.05) is 36.0 Å². The lowest BCUT2D eigenvalue weighted by Crippen LogP contribution is -2.20. The summed E-state index contributed by atoms with van der Waals surface area (Å²) < 4.78 is 20.1. The number of fused-ring (bicyclic) bond motifs is 1. The van der Waals surface area contributed by atoms with Gasteiger partial charge in [0.2, 0.25) is 5.89 Å². The maximum atomic E-state index is 13.2. The van der Waals surface area contributed by atoms with Crippen molar-refractivity contribution in [3.05, 3.63) is 57.5 Å². The molecule has 0 amide bonds. The summed E-state index contributed by atoms with van der Waals surface area (Å²) in [6.45, 7) is 4.01. The van der Waals surface area contributed by atoms with Crippen molar-refractivity contribution >= 4 is 33.3 Å². The Bertz CT molecular complexity index is 1210. The SMILES string of the molecule is CCCc1noc([C@H](C)Sc2nc3scc(-c4ccc(F)cc4)c3c(=O)n2C)n1. The Balaban J connectivity index is 1.68. The molecule has 6 nitrogen and oxygen atoms in total. The fourth-order valence-electron chi connectivity index (χ4n) is 2.97. The normalized spacial score (nSPS) is 12.6. The van der Waals surface area contributed by atoms with E-state index < -0.39 is 0 Å². The van der Waals surface area contributed by atoms with Crippen molar-refractivity contribution in [3.8, 4) is 11.1 Å². The summed E-state index contributed by atoms with van der Waals surface area (Å²) in [4.78, 5) is 22.8. The van der Waals surface area contributed by atoms with Crippen LogP contribution in [0.5, 0.6) is 0 Å². The summed E-state index contributed by atoms with van der Waals surface area (Å²) in [7, 11) is 1.70. The van der Waals surface area contributed by atoms with Crippen molar-refractivity contribution in [3.63, 3.8) is 0 Å². The Labute approximate surface area is 174 Å². The average Bonchev–Trinajstić information content (AvgIpc) is 3.34. The van der Waals surface area contributed by atoms with Gasteiger partial charge in [0.25, 0.3) is 5.56 Å². The van der Waals surface area contributed by atoms with Gasteiger partial charge in [-0.2, -0.15) is 4.98 Å². The predicted octanol–water partition coefficient (Wildman–Crippen LogP) is 4.99. The highest BCUT2D eigenvalue weighted by Crippen LogP contribution is 2.36. The van der Waals surface area contributed by atoms with Crippen LogP contribution in [0.1, 0.15) is 37.2 Å². The number of aryl methyl sites for hydroxylation is 1. The standard InChI is InChI=1S/C20H19FN4O2S2/c1-4-5-15-22-17(27-24-15)11(2)29-20-23-18-16(19(26)25(20)3)14(10-28-18)12-6-8-13(21)9-7-12/h6-11H,4-5H2,1-3H3/t11-/m0/s1. The van der Waals surface area contributed by atoms with Crippen LogP contribution in [0.25, 0.3) is 21.3 Å². The van der Waals surface area contributed by atoms with Gasteiger partial charge in [0.15, 0.2) is 11.0 Å². The average molecular weight is 431 g/mol. The van der Waals surface area contributed by atoms with E-state index in [2.05, 4.69) is 22.0 Å². The molecule has 3 heterocycles. The Kier molecular flexibility index (Phi) is 5.51. The van der Waals surface area contributed by atoms with E-state index in [1.807, 2.05) is 12.3 Å². The van der Waals surface area contributed by atoms with Crippen LogP contribution in [0.3, 0.4) is 0 Å². The molecule has 0 aliphatic heterocycles. The number of hydrogen-bond donors (Lipinski definition) is 0. The molecule has 4 rings (SSSR count). The quantitative estimate of drug-likeness (QED) is 0.317. The Morgan fingerprint density at radius 3 is 2.76 bits per heavy atom. The minimum Gasteiger partial charge on any atom is -0.338 e. The van der Waals surface area contributed by atoms with E-state index in [0.29, 0.717) is 27.1 Å². The third-order valence-electron chi connectivity index (χ3n) is 4.52. The summed E-state index contributed by atoms with van der Waals surface area (Å²) in [6.07, 6.45) is 1.72. The van der Waals surface area contributed by atoms with Gasteiger partial charge in [0.1, 0.15) is 10.6 Å². The number of aromatic nitrogens is 4. The molecule has 0 radical (unpaired) electrons. The van der Waals surface area contributed by atoms with Crippen LogP contribution in [0.15, 0.2) is 44.1 Å². The molecule has 29 heavy (non-hydrogen) atoms. The molecule has 9 heteroatoms. The number of nitrogens with zero attached hydrogens (tertiary/aromatic N) is 4. The van der Waals surface area contributed by atoms with Crippen LogP contribution < -0.4 is 5.56 Å². The molecule has 0 fully saturated rings. The van der Waals surface area contributed by atoms with E-state index >= 15 is 0 Å². The minimum absolute atomic E-state index is 0.137. The number of thioether (sulfide) groups is 1. The summed E-state index contributed by atoms with van der Waals surface area (Å²) in [5.74, 6) is 0.899. The van der Waals surface area contributed by atoms with Crippen LogP contribution in [0.4, 0.5) is 4.39 Å². The molecule has 0 saturated carbocycles. The molecular weight excluding hydrogens is 411 g/mol. The maximum absolute atomic E-state index is 13.2. The van der Waals surface area contributed by atoms with Crippen LogP contribution in [0, 0.1) is 5.82 Å². The molecule has 0 spiro atoms. The van der Waals surface area contributed by atoms with Gasteiger partial charge < -0.3 is 4.52 Å². The highest BCUT2D eigenvalue weighted by atomic mass is 32.2. The van der Waals surface area contributed by atoms with Crippen molar-refractivity contribution in [2.24, 2.45) is 7.05 Å². The fourth-order valence-corrected chi connectivity index (χ4v) is 4.86. The molecular formula is C20H19FN4O2S2. The van der Waals surface area contributed by atoms with Gasteiger partial charge in [-0.15, -0.1) is 11.3 Å². The van der Waals surface area contributed by atoms with Crippen molar-refractivity contribution in [1.82, 2.24) is 19.7 Å². The number of benzene rings is 1. The van der Waals surface area contributed by atoms with Crippen molar-refractivity contribution in [1.29, 1.82) is 0 Å². The Morgan fingerprint density at radius 2 is 2.03 bits per heavy atom. The number of hydrogen-bond acceptors (Lipinski definition) is 7. The van der Waals surface area contributed by atoms with E-state index in [-0.39, 0.29) is 16.6 Å². The fraction of sp³-hybridized carbons (Fsp3) is 0.300. The lowest BCUT2D eigenvalue weighted by Gasteiger charge is -2.10. The van der Waals surface area contributed by atoms with Gasteiger partial charge >= 0.3 is 0 Å².